The molecule has 1 aromatic carbocycles. The minimum Gasteiger partial charge on any atom is -0.450 e. The number of alkyl halides is 2. The van der Waals surface area contributed by atoms with Crippen LogP contribution in [0.4, 0.5) is 19.3 Å². The number of carbonyl (C=O) groups is 2. The Kier molecular flexibility index (Phi) is 7.14. The summed E-state index contributed by atoms with van der Waals surface area (Å²) in [4.78, 5) is 26.8. The third kappa shape index (κ3) is 5.29. The molecule has 9 heteroatoms. The molecule has 1 atom stereocenters. The number of anilines is 1. The Hall–Kier alpha value is -2.42. The van der Waals surface area contributed by atoms with Crippen LogP contribution in [0.2, 0.25) is 0 Å². The number of para-hydroxylation sites is 2. The van der Waals surface area contributed by atoms with Crippen LogP contribution in [-0.2, 0) is 9.53 Å². The van der Waals surface area contributed by atoms with Crippen LogP contribution >= 0.6 is 0 Å². The van der Waals surface area contributed by atoms with Crippen LogP contribution in [0.15, 0.2) is 24.3 Å². The Bertz CT molecular complexity index is 622. The molecule has 0 aromatic heterocycles. The molecule has 0 unspecified atom stereocenters. The van der Waals surface area contributed by atoms with E-state index in [2.05, 4.69) is 10.1 Å². The number of amides is 2. The first kappa shape index (κ1) is 19.9. The van der Waals surface area contributed by atoms with Crippen molar-refractivity contribution < 1.29 is 32.7 Å². The number of halogens is 2. The number of quaternary nitrogens is 1. The lowest BCUT2D eigenvalue weighted by molar-refractivity contribution is -0.917. The lowest BCUT2D eigenvalue weighted by atomic mass is 10.2. The largest absolute Gasteiger partial charge is 0.450 e. The Labute approximate surface area is 150 Å². The van der Waals surface area contributed by atoms with E-state index >= 15 is 0 Å². The quantitative estimate of drug-likeness (QED) is 0.781. The molecule has 0 bridgehead atoms. The highest BCUT2D eigenvalue weighted by molar-refractivity contribution is 5.94. The smallest absolute Gasteiger partial charge is 0.410 e. The third-order valence-electron chi connectivity index (χ3n) is 4.30. The third-order valence-corrected chi connectivity index (χ3v) is 4.30. The molecule has 1 aromatic rings. The molecule has 2 rings (SSSR count). The van der Waals surface area contributed by atoms with E-state index in [0.717, 1.165) is 4.90 Å². The molecule has 0 aliphatic carbocycles. The normalized spacial score (nSPS) is 16.3. The van der Waals surface area contributed by atoms with Gasteiger partial charge in [-0.3, -0.25) is 9.69 Å². The zero-order chi connectivity index (χ0) is 19.1. The zero-order valence-electron chi connectivity index (χ0n) is 14.8. The van der Waals surface area contributed by atoms with Gasteiger partial charge in [0.05, 0.1) is 38.5 Å². The van der Waals surface area contributed by atoms with Crippen molar-refractivity contribution in [3.8, 4) is 5.75 Å². The molecule has 26 heavy (non-hydrogen) atoms. The summed E-state index contributed by atoms with van der Waals surface area (Å²) in [5, 5.41) is 2.64. The number of rotatable bonds is 6. The number of ether oxygens (including phenoxy) is 2. The molecule has 144 valence electrons. The maximum Gasteiger partial charge on any atom is 0.410 e. The molecule has 1 fully saturated rings. The molecule has 1 aliphatic rings. The molecular formula is C17H24F2N3O4+. The van der Waals surface area contributed by atoms with Crippen molar-refractivity contribution in [3.63, 3.8) is 0 Å². The maximum absolute atomic E-state index is 12.5. The summed E-state index contributed by atoms with van der Waals surface area (Å²) in [6.45, 7) is 3.07. The summed E-state index contributed by atoms with van der Waals surface area (Å²) >= 11 is 0. The maximum atomic E-state index is 12.5. The van der Waals surface area contributed by atoms with Crippen LogP contribution in [0.25, 0.3) is 0 Å². The standard InChI is InChI=1S/C17H23F2N3O4/c1-3-25-17(24)22-10-8-21(9-11-22)12(2)15(23)20-13-6-4-5-7-14(13)26-16(18)19/h4-7,12,16H,3,8-11H2,1-2H3,(H,20,23)/p+1/t12-/m1/s1. The van der Waals surface area contributed by atoms with Crippen LogP contribution in [0.1, 0.15) is 13.8 Å². The number of benzene rings is 1. The Balaban J connectivity index is 1.92. The van der Waals surface area contributed by atoms with Crippen LogP contribution < -0.4 is 15.0 Å². The molecular weight excluding hydrogens is 348 g/mol. The molecule has 0 radical (unpaired) electrons. The SMILES string of the molecule is CCOC(=O)N1CC[NH+]([C@H](C)C(=O)Nc2ccccc2OC(F)F)CC1. The Morgan fingerprint density at radius 1 is 1.27 bits per heavy atom. The van der Waals surface area contributed by atoms with E-state index in [0.29, 0.717) is 32.8 Å². The van der Waals surface area contributed by atoms with Gasteiger partial charge in [0.2, 0.25) is 0 Å². The lowest BCUT2D eigenvalue weighted by Gasteiger charge is -2.34. The van der Waals surface area contributed by atoms with E-state index in [4.69, 9.17) is 4.74 Å². The van der Waals surface area contributed by atoms with Crippen LogP contribution in [0, 0.1) is 0 Å². The van der Waals surface area contributed by atoms with Crippen LogP contribution in [0.3, 0.4) is 0 Å². The highest BCUT2D eigenvalue weighted by atomic mass is 19.3. The van der Waals surface area contributed by atoms with Crippen molar-refractivity contribution >= 4 is 17.7 Å². The molecule has 0 saturated carbocycles. The summed E-state index contributed by atoms with van der Waals surface area (Å²) in [6.07, 6.45) is -0.346. The average molecular weight is 372 g/mol. The van der Waals surface area contributed by atoms with E-state index in [1.807, 2.05) is 0 Å². The van der Waals surface area contributed by atoms with Gasteiger partial charge in [-0.15, -0.1) is 0 Å². The van der Waals surface area contributed by atoms with Crippen molar-refractivity contribution in [1.82, 2.24) is 4.90 Å². The van der Waals surface area contributed by atoms with Gasteiger partial charge in [0.15, 0.2) is 6.04 Å². The van der Waals surface area contributed by atoms with E-state index in [1.165, 1.54) is 12.1 Å². The van der Waals surface area contributed by atoms with E-state index in [9.17, 15) is 18.4 Å². The molecule has 2 amide bonds. The molecule has 7 nitrogen and oxygen atoms in total. The summed E-state index contributed by atoms with van der Waals surface area (Å²) in [6, 6.07) is 5.66. The first-order valence-corrected chi connectivity index (χ1v) is 8.53. The second-order valence-electron chi connectivity index (χ2n) is 5.93. The number of nitrogens with zero attached hydrogens (tertiary/aromatic N) is 1. The van der Waals surface area contributed by atoms with Crippen LogP contribution in [0.5, 0.6) is 5.75 Å². The predicted octanol–water partition coefficient (Wildman–Crippen LogP) is 0.972. The number of piperazine rings is 1. The molecule has 1 aliphatic heterocycles. The number of hydrogen-bond donors (Lipinski definition) is 2. The van der Waals surface area contributed by atoms with E-state index in [1.54, 1.807) is 30.9 Å². The molecule has 2 N–H and O–H groups in total. The average Bonchev–Trinajstić information content (AvgIpc) is 2.62. The summed E-state index contributed by atoms with van der Waals surface area (Å²) < 4.78 is 34.3. The molecule has 1 heterocycles. The highest BCUT2D eigenvalue weighted by Gasteiger charge is 2.31. The van der Waals surface area contributed by atoms with Gasteiger partial charge < -0.3 is 19.7 Å². The van der Waals surface area contributed by atoms with Crippen molar-refractivity contribution in [2.75, 3.05) is 38.1 Å². The van der Waals surface area contributed by atoms with Gasteiger partial charge in [-0.2, -0.15) is 8.78 Å². The minimum absolute atomic E-state index is 0.0785. The van der Waals surface area contributed by atoms with Gasteiger partial charge in [-0.25, -0.2) is 4.79 Å². The zero-order valence-corrected chi connectivity index (χ0v) is 14.8. The molecule has 0 spiro atoms. The van der Waals surface area contributed by atoms with Gasteiger partial charge in [0, 0.05) is 0 Å². The Morgan fingerprint density at radius 2 is 1.92 bits per heavy atom. The fourth-order valence-electron chi connectivity index (χ4n) is 2.82. The summed E-state index contributed by atoms with van der Waals surface area (Å²) in [5.41, 5.74) is 0.203. The number of carbonyl (C=O) groups excluding carboxylic acids is 2. The first-order chi connectivity index (χ1) is 12.4. The first-order valence-electron chi connectivity index (χ1n) is 8.53. The number of hydrogen-bond acceptors (Lipinski definition) is 4. The van der Waals surface area contributed by atoms with Crippen molar-refractivity contribution in [1.29, 1.82) is 0 Å². The van der Waals surface area contributed by atoms with Gasteiger partial charge >= 0.3 is 12.7 Å². The van der Waals surface area contributed by atoms with Crippen molar-refractivity contribution in [3.05, 3.63) is 24.3 Å². The van der Waals surface area contributed by atoms with E-state index < -0.39 is 12.7 Å². The highest BCUT2D eigenvalue weighted by Crippen LogP contribution is 2.25. The fourth-order valence-corrected chi connectivity index (χ4v) is 2.82. The van der Waals surface area contributed by atoms with Crippen molar-refractivity contribution in [2.24, 2.45) is 0 Å². The van der Waals surface area contributed by atoms with Crippen molar-refractivity contribution in [2.45, 2.75) is 26.5 Å². The topological polar surface area (TPSA) is 72.3 Å². The fraction of sp³-hybridized carbons (Fsp3) is 0.529. The predicted molar refractivity (Wildman–Crippen MR) is 90.5 cm³/mol. The summed E-state index contributed by atoms with van der Waals surface area (Å²) in [7, 11) is 0. The van der Waals surface area contributed by atoms with Gasteiger partial charge in [0.1, 0.15) is 5.75 Å². The second kappa shape index (κ2) is 9.33. The summed E-state index contributed by atoms with van der Waals surface area (Å²) in [5.74, 6) is -0.375. The van der Waals surface area contributed by atoms with Gasteiger partial charge in [-0.1, -0.05) is 12.1 Å². The van der Waals surface area contributed by atoms with Gasteiger partial charge in [-0.05, 0) is 26.0 Å². The van der Waals surface area contributed by atoms with E-state index in [-0.39, 0.29) is 23.4 Å². The lowest BCUT2D eigenvalue weighted by Crippen LogP contribution is -3.19. The minimum atomic E-state index is -2.97. The van der Waals surface area contributed by atoms with Crippen LogP contribution in [-0.4, -0.2) is 62.3 Å². The molecule has 1 saturated heterocycles. The van der Waals surface area contributed by atoms with Gasteiger partial charge in [0.25, 0.3) is 5.91 Å². The Morgan fingerprint density at radius 3 is 2.54 bits per heavy atom. The number of nitrogens with one attached hydrogen (secondary N) is 2. The second-order valence-corrected chi connectivity index (χ2v) is 5.93. The monoisotopic (exact) mass is 372 g/mol.